The summed E-state index contributed by atoms with van der Waals surface area (Å²) in [6.07, 6.45) is 3.71. The molecule has 1 atom stereocenters. The summed E-state index contributed by atoms with van der Waals surface area (Å²) < 4.78 is 5.58. The van der Waals surface area contributed by atoms with Gasteiger partial charge in [0.1, 0.15) is 0 Å². The number of benzene rings is 1. The van der Waals surface area contributed by atoms with Crippen LogP contribution in [0.15, 0.2) is 18.2 Å². The summed E-state index contributed by atoms with van der Waals surface area (Å²) in [6, 6.07) is 6.71. The minimum absolute atomic E-state index is 0.251. The second-order valence-electron chi connectivity index (χ2n) is 7.02. The molecule has 0 saturated carbocycles. The Morgan fingerprint density at radius 2 is 2.10 bits per heavy atom. The molecule has 1 aliphatic carbocycles. The van der Waals surface area contributed by atoms with Crippen molar-refractivity contribution in [2.24, 2.45) is 5.41 Å². The molecule has 1 unspecified atom stereocenters. The summed E-state index contributed by atoms with van der Waals surface area (Å²) in [5.41, 5.74) is 3.07. The van der Waals surface area contributed by atoms with E-state index in [9.17, 15) is 0 Å². The molecule has 1 aliphatic rings. The van der Waals surface area contributed by atoms with Crippen LogP contribution in [0.2, 0.25) is 5.02 Å². The highest BCUT2D eigenvalue weighted by atomic mass is 35.5. The third-order valence-electron chi connectivity index (χ3n) is 4.22. The molecule has 1 aromatic carbocycles. The Kier molecular flexibility index (Phi) is 5.70. The fourth-order valence-electron chi connectivity index (χ4n) is 3.19. The lowest BCUT2D eigenvalue weighted by atomic mass is 9.85. The third kappa shape index (κ3) is 4.45. The van der Waals surface area contributed by atoms with Crippen LogP contribution in [0.1, 0.15) is 57.7 Å². The number of halogens is 1. The Balaban J connectivity index is 1.86. The molecule has 21 heavy (non-hydrogen) atoms. The van der Waals surface area contributed by atoms with Crippen molar-refractivity contribution in [1.82, 2.24) is 5.32 Å². The minimum Gasteiger partial charge on any atom is -0.379 e. The molecule has 0 spiro atoms. The molecule has 0 heterocycles. The van der Waals surface area contributed by atoms with Gasteiger partial charge in [-0.1, -0.05) is 31.5 Å². The summed E-state index contributed by atoms with van der Waals surface area (Å²) in [5.74, 6) is 0. The number of hydrogen-bond acceptors (Lipinski definition) is 2. The molecule has 0 saturated heterocycles. The Labute approximate surface area is 134 Å². The van der Waals surface area contributed by atoms with Gasteiger partial charge in [0.25, 0.3) is 0 Å². The van der Waals surface area contributed by atoms with Crippen LogP contribution >= 0.6 is 11.6 Å². The quantitative estimate of drug-likeness (QED) is 0.733. The first-order valence-electron chi connectivity index (χ1n) is 8.03. The van der Waals surface area contributed by atoms with Gasteiger partial charge in [-0.25, -0.2) is 0 Å². The van der Waals surface area contributed by atoms with Gasteiger partial charge in [0.05, 0.1) is 6.10 Å². The Morgan fingerprint density at radius 1 is 1.33 bits per heavy atom. The van der Waals surface area contributed by atoms with Crippen molar-refractivity contribution in [1.29, 1.82) is 0 Å². The average Bonchev–Trinajstić information content (AvgIpc) is 2.63. The van der Waals surface area contributed by atoms with Gasteiger partial charge in [0, 0.05) is 17.7 Å². The van der Waals surface area contributed by atoms with Crippen LogP contribution in [0.3, 0.4) is 0 Å². The van der Waals surface area contributed by atoms with Crippen molar-refractivity contribution < 1.29 is 4.74 Å². The van der Waals surface area contributed by atoms with E-state index in [0.29, 0.717) is 12.1 Å². The smallest absolute Gasteiger partial charge is 0.0518 e. The molecule has 0 fully saturated rings. The van der Waals surface area contributed by atoms with E-state index >= 15 is 0 Å². The van der Waals surface area contributed by atoms with Gasteiger partial charge < -0.3 is 10.1 Å². The van der Waals surface area contributed by atoms with Crippen molar-refractivity contribution in [3.8, 4) is 0 Å². The van der Waals surface area contributed by atoms with E-state index in [4.69, 9.17) is 16.3 Å². The molecule has 0 aliphatic heterocycles. The van der Waals surface area contributed by atoms with E-state index in [1.807, 2.05) is 6.07 Å². The van der Waals surface area contributed by atoms with Crippen LogP contribution in [-0.4, -0.2) is 19.3 Å². The van der Waals surface area contributed by atoms with E-state index < -0.39 is 0 Å². The third-order valence-corrected chi connectivity index (χ3v) is 4.45. The summed E-state index contributed by atoms with van der Waals surface area (Å²) in [6.45, 7) is 10.7. The van der Waals surface area contributed by atoms with E-state index in [1.54, 1.807) is 0 Å². The monoisotopic (exact) mass is 309 g/mol. The molecule has 118 valence electrons. The predicted molar refractivity (Wildman–Crippen MR) is 90.0 cm³/mol. The van der Waals surface area contributed by atoms with Gasteiger partial charge >= 0.3 is 0 Å². The highest BCUT2D eigenvalue weighted by Gasteiger charge is 2.38. The van der Waals surface area contributed by atoms with Gasteiger partial charge in [0.2, 0.25) is 0 Å². The zero-order chi connectivity index (χ0) is 15.5. The first-order chi connectivity index (χ1) is 9.90. The lowest BCUT2D eigenvalue weighted by molar-refractivity contribution is 0.0757. The van der Waals surface area contributed by atoms with Crippen molar-refractivity contribution >= 4 is 11.6 Å². The van der Waals surface area contributed by atoms with Crippen LogP contribution in [0.5, 0.6) is 0 Å². The largest absolute Gasteiger partial charge is 0.379 e. The van der Waals surface area contributed by atoms with E-state index in [1.165, 1.54) is 11.1 Å². The van der Waals surface area contributed by atoms with Crippen molar-refractivity contribution in [2.75, 3.05) is 13.2 Å². The molecule has 0 aromatic heterocycles. The number of hydrogen-bond donors (Lipinski definition) is 1. The maximum atomic E-state index is 6.17. The fourth-order valence-corrected chi connectivity index (χ4v) is 3.37. The van der Waals surface area contributed by atoms with Crippen molar-refractivity contribution in [2.45, 2.75) is 59.1 Å². The van der Waals surface area contributed by atoms with E-state index in [2.05, 4.69) is 45.1 Å². The predicted octanol–water partition coefficient (Wildman–Crippen LogP) is 4.76. The first-order valence-corrected chi connectivity index (χ1v) is 8.41. The molecule has 0 bridgehead atoms. The standard InChI is InChI=1S/C18H28ClNO/c1-13(2)21-10-6-5-9-20-17-16-11-15(19)8-7-14(16)12-18(17,3)4/h7-8,11,13,17,20H,5-6,9-10,12H2,1-4H3. The molecule has 1 N–H and O–H groups in total. The highest BCUT2D eigenvalue weighted by molar-refractivity contribution is 6.30. The summed E-state index contributed by atoms with van der Waals surface area (Å²) >= 11 is 6.17. The molecule has 3 heteroatoms. The fraction of sp³-hybridized carbons (Fsp3) is 0.667. The van der Waals surface area contributed by atoms with E-state index in [-0.39, 0.29) is 5.41 Å². The SMILES string of the molecule is CC(C)OCCCCNC1c2cc(Cl)ccc2CC1(C)C. The van der Waals surface area contributed by atoms with Crippen LogP contribution in [0.4, 0.5) is 0 Å². The van der Waals surface area contributed by atoms with Gasteiger partial charge in [-0.15, -0.1) is 0 Å². The molecule has 1 aromatic rings. The summed E-state index contributed by atoms with van der Waals surface area (Å²) in [7, 11) is 0. The number of nitrogens with one attached hydrogen (secondary N) is 1. The zero-order valence-electron chi connectivity index (χ0n) is 13.7. The Morgan fingerprint density at radius 3 is 2.81 bits per heavy atom. The topological polar surface area (TPSA) is 21.3 Å². The van der Waals surface area contributed by atoms with Crippen LogP contribution in [0, 0.1) is 5.41 Å². The molecule has 0 radical (unpaired) electrons. The Hall–Kier alpha value is -0.570. The zero-order valence-corrected chi connectivity index (χ0v) is 14.5. The maximum absolute atomic E-state index is 6.17. The minimum atomic E-state index is 0.251. The molecule has 2 nitrogen and oxygen atoms in total. The number of ether oxygens (including phenoxy) is 1. The highest BCUT2D eigenvalue weighted by Crippen LogP contribution is 2.45. The van der Waals surface area contributed by atoms with Gasteiger partial charge in [-0.3, -0.25) is 0 Å². The van der Waals surface area contributed by atoms with Crippen LogP contribution in [0.25, 0.3) is 0 Å². The molecule has 0 amide bonds. The number of fused-ring (bicyclic) bond motifs is 1. The second kappa shape index (κ2) is 7.13. The number of rotatable bonds is 7. The maximum Gasteiger partial charge on any atom is 0.0518 e. The van der Waals surface area contributed by atoms with Gasteiger partial charge in [-0.2, -0.15) is 0 Å². The molecule has 2 rings (SSSR count). The summed E-state index contributed by atoms with van der Waals surface area (Å²) in [4.78, 5) is 0. The van der Waals surface area contributed by atoms with Gasteiger partial charge in [-0.05, 0) is 68.3 Å². The second-order valence-corrected chi connectivity index (χ2v) is 7.46. The van der Waals surface area contributed by atoms with Crippen molar-refractivity contribution in [3.63, 3.8) is 0 Å². The molecular formula is C18H28ClNO. The lowest BCUT2D eigenvalue weighted by Gasteiger charge is -2.29. The van der Waals surface area contributed by atoms with Crippen LogP contribution in [-0.2, 0) is 11.2 Å². The average molecular weight is 310 g/mol. The first kappa shape index (κ1) is 16.8. The molecular weight excluding hydrogens is 282 g/mol. The van der Waals surface area contributed by atoms with Crippen molar-refractivity contribution in [3.05, 3.63) is 34.3 Å². The number of unbranched alkanes of at least 4 members (excludes halogenated alkanes) is 1. The normalized spacial score (nSPS) is 20.0. The van der Waals surface area contributed by atoms with Gasteiger partial charge in [0.15, 0.2) is 0 Å². The summed E-state index contributed by atoms with van der Waals surface area (Å²) in [5, 5.41) is 4.57. The van der Waals surface area contributed by atoms with Crippen LogP contribution < -0.4 is 5.32 Å². The lowest BCUT2D eigenvalue weighted by Crippen LogP contribution is -2.31. The van der Waals surface area contributed by atoms with E-state index in [0.717, 1.165) is 37.4 Å². The Bertz CT molecular complexity index is 470.